The lowest BCUT2D eigenvalue weighted by atomic mass is 10.3. The summed E-state index contributed by atoms with van der Waals surface area (Å²) in [5, 5.41) is 17.4. The number of carbonyl (C=O) groups excluding carboxylic acids is 1. The van der Waals surface area contributed by atoms with E-state index in [-0.39, 0.29) is 5.69 Å². The lowest BCUT2D eigenvalue weighted by Gasteiger charge is -2.03. The third kappa shape index (κ3) is 2.25. The van der Waals surface area contributed by atoms with Gasteiger partial charge in [0.25, 0.3) is 5.91 Å². The summed E-state index contributed by atoms with van der Waals surface area (Å²) in [7, 11) is 0. The first-order valence-corrected chi connectivity index (χ1v) is 4.53. The molecule has 0 bridgehead atoms. The maximum absolute atomic E-state index is 11.7. The molecule has 0 unspecified atom stereocenters. The Balaban J connectivity index is 2.28. The van der Waals surface area contributed by atoms with E-state index in [1.165, 1.54) is 24.7 Å². The maximum Gasteiger partial charge on any atom is 0.356 e. The van der Waals surface area contributed by atoms with Gasteiger partial charge in [-0.25, -0.2) is 14.8 Å². The molecule has 0 atom stereocenters. The highest BCUT2D eigenvalue weighted by molar-refractivity contribution is 6.08. The van der Waals surface area contributed by atoms with Crippen LogP contribution in [0.4, 0.5) is 5.82 Å². The average Bonchev–Trinajstić information content (AvgIpc) is 2.81. The Morgan fingerprint density at radius 2 is 1.88 bits per heavy atom. The van der Waals surface area contributed by atoms with Crippen molar-refractivity contribution in [2.24, 2.45) is 0 Å². The molecule has 0 radical (unpaired) electrons. The lowest BCUT2D eigenvalue weighted by Crippen LogP contribution is -2.19. The van der Waals surface area contributed by atoms with Crippen LogP contribution in [0.15, 0.2) is 24.7 Å². The number of hydrogen-bond acceptors (Lipinski definition) is 5. The smallest absolute Gasteiger partial charge is 0.356 e. The van der Waals surface area contributed by atoms with Crippen molar-refractivity contribution in [3.05, 3.63) is 36.0 Å². The van der Waals surface area contributed by atoms with Crippen LogP contribution in [0, 0.1) is 0 Å². The summed E-state index contributed by atoms with van der Waals surface area (Å²) < 4.78 is 0. The fourth-order valence-corrected chi connectivity index (χ4v) is 1.17. The van der Waals surface area contributed by atoms with E-state index < -0.39 is 17.6 Å². The van der Waals surface area contributed by atoms with Gasteiger partial charge in [-0.15, -0.1) is 0 Å². The molecule has 0 spiro atoms. The second-order valence-corrected chi connectivity index (χ2v) is 2.98. The van der Waals surface area contributed by atoms with Crippen LogP contribution in [0.2, 0.25) is 0 Å². The second-order valence-electron chi connectivity index (χ2n) is 2.98. The van der Waals surface area contributed by atoms with Crippen molar-refractivity contribution >= 4 is 17.7 Å². The summed E-state index contributed by atoms with van der Waals surface area (Å²) in [4.78, 5) is 29.8. The monoisotopic (exact) mass is 233 g/mol. The Kier molecular flexibility index (Phi) is 2.77. The molecule has 0 aliphatic carbocycles. The van der Waals surface area contributed by atoms with Crippen molar-refractivity contribution in [1.82, 2.24) is 20.2 Å². The predicted octanol–water partition coefficient (Wildman–Crippen LogP) is 0.150. The van der Waals surface area contributed by atoms with E-state index in [4.69, 9.17) is 5.11 Å². The third-order valence-corrected chi connectivity index (χ3v) is 1.86. The van der Waals surface area contributed by atoms with Crippen molar-refractivity contribution in [1.29, 1.82) is 0 Å². The Hall–Kier alpha value is -2.77. The van der Waals surface area contributed by atoms with E-state index in [1.807, 2.05) is 0 Å². The maximum atomic E-state index is 11.7. The van der Waals surface area contributed by atoms with E-state index in [0.29, 0.717) is 5.82 Å². The number of carbonyl (C=O) groups is 2. The van der Waals surface area contributed by atoms with Gasteiger partial charge in [-0.3, -0.25) is 9.89 Å². The summed E-state index contributed by atoms with van der Waals surface area (Å²) in [6, 6.07) is 1.52. The molecule has 2 aromatic heterocycles. The van der Waals surface area contributed by atoms with Gasteiger partial charge in [-0.2, -0.15) is 5.10 Å². The zero-order chi connectivity index (χ0) is 12.3. The van der Waals surface area contributed by atoms with Crippen LogP contribution in [0.1, 0.15) is 21.0 Å². The highest BCUT2D eigenvalue weighted by atomic mass is 16.4. The number of rotatable bonds is 3. The number of amides is 1. The van der Waals surface area contributed by atoms with Gasteiger partial charge in [-0.1, -0.05) is 0 Å². The average molecular weight is 233 g/mol. The Morgan fingerprint density at radius 3 is 2.47 bits per heavy atom. The van der Waals surface area contributed by atoms with E-state index in [1.54, 1.807) is 0 Å². The van der Waals surface area contributed by atoms with Crippen molar-refractivity contribution < 1.29 is 14.7 Å². The fourth-order valence-electron chi connectivity index (χ4n) is 1.17. The molecule has 0 saturated carbocycles. The lowest BCUT2D eigenvalue weighted by molar-refractivity contribution is 0.0685. The number of nitrogens with one attached hydrogen (secondary N) is 2. The Morgan fingerprint density at radius 1 is 1.18 bits per heavy atom. The number of carboxylic acids is 1. The van der Waals surface area contributed by atoms with Crippen molar-refractivity contribution in [3.63, 3.8) is 0 Å². The van der Waals surface area contributed by atoms with Crippen LogP contribution < -0.4 is 5.32 Å². The second kappa shape index (κ2) is 4.39. The molecule has 2 rings (SSSR count). The molecule has 3 N–H and O–H groups in total. The summed E-state index contributed by atoms with van der Waals surface area (Å²) in [5.74, 6) is -1.63. The van der Waals surface area contributed by atoms with E-state index in [9.17, 15) is 9.59 Å². The molecule has 0 aliphatic heterocycles. The number of aromatic carboxylic acids is 1. The SMILES string of the molecule is O=C(O)c1nccnc1C(=O)Nc1ccn[nH]1. The molecule has 0 aliphatic rings. The van der Waals surface area contributed by atoms with Gasteiger partial charge in [0.1, 0.15) is 5.82 Å². The largest absolute Gasteiger partial charge is 0.476 e. The van der Waals surface area contributed by atoms with Gasteiger partial charge in [0.2, 0.25) is 0 Å². The minimum Gasteiger partial charge on any atom is -0.476 e. The predicted molar refractivity (Wildman–Crippen MR) is 55.5 cm³/mol. The van der Waals surface area contributed by atoms with Crippen LogP contribution in [-0.4, -0.2) is 37.1 Å². The molecule has 2 aromatic rings. The molecule has 8 nitrogen and oxygen atoms in total. The van der Waals surface area contributed by atoms with Crippen LogP contribution >= 0.6 is 0 Å². The highest BCUT2D eigenvalue weighted by Crippen LogP contribution is 2.06. The minimum atomic E-state index is -1.31. The molecule has 86 valence electrons. The first-order valence-electron chi connectivity index (χ1n) is 4.53. The normalized spacial score (nSPS) is 9.88. The van der Waals surface area contributed by atoms with E-state index >= 15 is 0 Å². The summed E-state index contributed by atoms with van der Waals surface area (Å²) in [5.41, 5.74) is -0.654. The quantitative estimate of drug-likeness (QED) is 0.693. The molecular weight excluding hydrogens is 226 g/mol. The molecule has 0 saturated heterocycles. The van der Waals surface area contributed by atoms with Crippen LogP contribution in [0.3, 0.4) is 0 Å². The number of aromatic amines is 1. The minimum absolute atomic E-state index is 0.255. The topological polar surface area (TPSA) is 121 Å². The number of aromatic nitrogens is 4. The first-order chi connectivity index (χ1) is 8.18. The number of hydrogen-bond donors (Lipinski definition) is 3. The Bertz CT molecular complexity index is 552. The standard InChI is InChI=1S/C9H7N5O3/c15-8(13-5-1-2-12-14-5)6-7(9(16)17)11-4-3-10-6/h1-4H,(H,16,17)(H2,12,13,14,15). The van der Waals surface area contributed by atoms with Crippen molar-refractivity contribution in [2.75, 3.05) is 5.32 Å². The van der Waals surface area contributed by atoms with E-state index in [2.05, 4.69) is 25.5 Å². The third-order valence-electron chi connectivity index (χ3n) is 1.86. The molecular formula is C9H7N5O3. The zero-order valence-corrected chi connectivity index (χ0v) is 8.41. The molecule has 2 heterocycles. The van der Waals surface area contributed by atoms with Crippen molar-refractivity contribution in [3.8, 4) is 0 Å². The van der Waals surface area contributed by atoms with Crippen molar-refractivity contribution in [2.45, 2.75) is 0 Å². The van der Waals surface area contributed by atoms with Gasteiger partial charge < -0.3 is 10.4 Å². The number of carboxylic acid groups (broad SMARTS) is 1. The first kappa shape index (κ1) is 10.7. The summed E-state index contributed by atoms with van der Waals surface area (Å²) in [6.07, 6.45) is 3.90. The van der Waals surface area contributed by atoms with Gasteiger partial charge in [-0.05, 0) is 0 Å². The number of H-pyrrole nitrogens is 1. The molecule has 0 aromatic carbocycles. The zero-order valence-electron chi connectivity index (χ0n) is 8.41. The van der Waals surface area contributed by atoms with Crippen LogP contribution in [0.25, 0.3) is 0 Å². The number of anilines is 1. The molecule has 1 amide bonds. The molecule has 8 heteroatoms. The number of nitrogens with zero attached hydrogens (tertiary/aromatic N) is 3. The fraction of sp³-hybridized carbons (Fsp3) is 0. The van der Waals surface area contributed by atoms with Gasteiger partial charge in [0, 0.05) is 18.5 Å². The van der Waals surface area contributed by atoms with Gasteiger partial charge in [0.15, 0.2) is 11.4 Å². The van der Waals surface area contributed by atoms with Gasteiger partial charge in [0.05, 0.1) is 6.20 Å². The highest BCUT2D eigenvalue weighted by Gasteiger charge is 2.19. The Labute approximate surface area is 94.7 Å². The molecule has 0 fully saturated rings. The molecule has 17 heavy (non-hydrogen) atoms. The summed E-state index contributed by atoms with van der Waals surface area (Å²) >= 11 is 0. The van der Waals surface area contributed by atoms with Crippen LogP contribution in [-0.2, 0) is 0 Å². The van der Waals surface area contributed by atoms with Gasteiger partial charge >= 0.3 is 5.97 Å². The van der Waals surface area contributed by atoms with E-state index in [0.717, 1.165) is 0 Å². The summed E-state index contributed by atoms with van der Waals surface area (Å²) in [6.45, 7) is 0. The van der Waals surface area contributed by atoms with Crippen LogP contribution in [0.5, 0.6) is 0 Å².